The van der Waals surface area contributed by atoms with Crippen LogP contribution in [0, 0.1) is 20.2 Å². The number of hydrogen-bond donors (Lipinski definition) is 0. The van der Waals surface area contributed by atoms with Crippen molar-refractivity contribution >= 4 is 0 Å². The molecule has 0 aliphatic heterocycles. The first-order valence-corrected chi connectivity index (χ1v) is 5.58. The predicted molar refractivity (Wildman–Crippen MR) is 65.4 cm³/mol. The van der Waals surface area contributed by atoms with Crippen LogP contribution in [0.1, 0.15) is 25.0 Å². The molecule has 0 fully saturated rings. The summed E-state index contributed by atoms with van der Waals surface area (Å²) in [6.45, 7) is 2.96. The SMILES string of the molecule is CC1(O[N+](=O)[O-])C=CC(C)([N+](=O)[O-])c2ccccc21. The van der Waals surface area contributed by atoms with Gasteiger partial charge in [-0.3, -0.25) is 15.0 Å². The largest absolute Gasteiger partial charge is 0.299 e. The van der Waals surface area contributed by atoms with Crippen molar-refractivity contribution in [1.29, 1.82) is 0 Å². The van der Waals surface area contributed by atoms with Crippen molar-refractivity contribution in [2.45, 2.75) is 25.0 Å². The van der Waals surface area contributed by atoms with Crippen LogP contribution in [-0.2, 0) is 16.0 Å². The molecule has 0 saturated heterocycles. The normalized spacial score (nSPS) is 28.5. The lowest BCUT2D eigenvalue weighted by Gasteiger charge is -2.33. The van der Waals surface area contributed by atoms with Gasteiger partial charge < -0.3 is 0 Å². The summed E-state index contributed by atoms with van der Waals surface area (Å²) >= 11 is 0. The van der Waals surface area contributed by atoms with Crippen molar-refractivity contribution in [2.75, 3.05) is 0 Å². The van der Waals surface area contributed by atoms with Crippen molar-refractivity contribution in [2.24, 2.45) is 0 Å². The number of fused-ring (bicyclic) bond motifs is 1. The second-order valence-corrected chi connectivity index (χ2v) is 4.71. The van der Waals surface area contributed by atoms with Crippen LogP contribution in [0.2, 0.25) is 0 Å². The Kier molecular flexibility index (Phi) is 2.77. The zero-order chi connectivity index (χ0) is 14.3. The summed E-state index contributed by atoms with van der Waals surface area (Å²) < 4.78 is 0. The van der Waals surface area contributed by atoms with E-state index in [0.717, 1.165) is 0 Å². The Morgan fingerprint density at radius 3 is 2.16 bits per heavy atom. The Bertz CT molecular complexity index is 585. The molecule has 7 nitrogen and oxygen atoms in total. The lowest BCUT2D eigenvalue weighted by atomic mass is 9.76. The van der Waals surface area contributed by atoms with E-state index in [1.54, 1.807) is 24.3 Å². The molecule has 19 heavy (non-hydrogen) atoms. The van der Waals surface area contributed by atoms with Gasteiger partial charge in [0.2, 0.25) is 0 Å². The van der Waals surface area contributed by atoms with E-state index in [2.05, 4.69) is 0 Å². The minimum absolute atomic E-state index is 0.395. The van der Waals surface area contributed by atoms with E-state index in [0.29, 0.717) is 11.1 Å². The molecule has 1 aromatic carbocycles. The minimum Gasteiger partial charge on any atom is -0.299 e. The highest BCUT2D eigenvalue weighted by molar-refractivity contribution is 5.44. The Morgan fingerprint density at radius 2 is 1.63 bits per heavy atom. The molecule has 0 radical (unpaired) electrons. The summed E-state index contributed by atoms with van der Waals surface area (Å²) in [5.74, 6) is 0. The van der Waals surface area contributed by atoms with Crippen LogP contribution < -0.4 is 0 Å². The molecular weight excluding hydrogens is 252 g/mol. The van der Waals surface area contributed by atoms with Gasteiger partial charge in [-0.1, -0.05) is 24.3 Å². The zero-order valence-corrected chi connectivity index (χ0v) is 10.4. The van der Waals surface area contributed by atoms with Gasteiger partial charge in [0, 0.05) is 17.4 Å². The van der Waals surface area contributed by atoms with Crippen molar-refractivity contribution in [3.8, 4) is 0 Å². The van der Waals surface area contributed by atoms with Gasteiger partial charge in [-0.05, 0) is 24.6 Å². The molecule has 0 N–H and O–H groups in total. The van der Waals surface area contributed by atoms with Crippen LogP contribution in [-0.4, -0.2) is 10.0 Å². The third-order valence-electron chi connectivity index (χ3n) is 3.38. The smallest absolute Gasteiger partial charge is 0.295 e. The fraction of sp³-hybridized carbons (Fsp3) is 0.333. The van der Waals surface area contributed by atoms with Gasteiger partial charge in [0.15, 0.2) is 5.60 Å². The van der Waals surface area contributed by atoms with Gasteiger partial charge >= 0.3 is 0 Å². The number of rotatable bonds is 3. The van der Waals surface area contributed by atoms with E-state index in [1.807, 2.05) is 0 Å². The summed E-state index contributed by atoms with van der Waals surface area (Å²) in [5, 5.41) is 21.0. The van der Waals surface area contributed by atoms with Crippen molar-refractivity contribution in [3.05, 3.63) is 67.8 Å². The number of hydrogen-bond acceptors (Lipinski definition) is 5. The van der Waals surface area contributed by atoms with Gasteiger partial charge in [-0.25, -0.2) is 0 Å². The number of nitro groups is 1. The van der Waals surface area contributed by atoms with Gasteiger partial charge in [0.25, 0.3) is 10.6 Å². The molecule has 0 saturated carbocycles. The van der Waals surface area contributed by atoms with Crippen LogP contribution in [0.3, 0.4) is 0 Å². The monoisotopic (exact) mass is 264 g/mol. The summed E-state index contributed by atoms with van der Waals surface area (Å²) in [4.78, 5) is 26.1. The lowest BCUT2D eigenvalue weighted by Crippen LogP contribution is -2.40. The molecule has 0 aromatic heterocycles. The van der Waals surface area contributed by atoms with Crippen LogP contribution in [0.15, 0.2) is 36.4 Å². The molecule has 0 bridgehead atoms. The van der Waals surface area contributed by atoms with Gasteiger partial charge in [0.05, 0.1) is 0 Å². The maximum absolute atomic E-state index is 11.3. The summed E-state index contributed by atoms with van der Waals surface area (Å²) in [7, 11) is 0. The van der Waals surface area contributed by atoms with Crippen LogP contribution in [0.5, 0.6) is 0 Å². The van der Waals surface area contributed by atoms with Crippen LogP contribution in [0.4, 0.5) is 0 Å². The Hall–Kier alpha value is -2.44. The second-order valence-electron chi connectivity index (χ2n) is 4.71. The summed E-state index contributed by atoms with van der Waals surface area (Å²) in [6, 6.07) is 6.51. The Morgan fingerprint density at radius 1 is 1.05 bits per heavy atom. The Balaban J connectivity index is 2.64. The van der Waals surface area contributed by atoms with E-state index in [9.17, 15) is 20.2 Å². The summed E-state index contributed by atoms with van der Waals surface area (Å²) in [6.07, 6.45) is 2.69. The lowest BCUT2D eigenvalue weighted by molar-refractivity contribution is -0.779. The number of benzene rings is 1. The topological polar surface area (TPSA) is 95.5 Å². The third-order valence-corrected chi connectivity index (χ3v) is 3.38. The molecule has 2 atom stereocenters. The zero-order valence-electron chi connectivity index (χ0n) is 10.4. The average molecular weight is 264 g/mol. The highest BCUT2D eigenvalue weighted by atomic mass is 17.0. The molecule has 1 aliphatic carbocycles. The maximum atomic E-state index is 11.3. The summed E-state index contributed by atoms with van der Waals surface area (Å²) in [5.41, 5.74) is -1.90. The molecule has 0 heterocycles. The molecule has 1 aliphatic rings. The molecule has 1 aromatic rings. The quantitative estimate of drug-likeness (QED) is 0.473. The highest BCUT2D eigenvalue weighted by Gasteiger charge is 2.47. The van der Waals surface area contributed by atoms with Gasteiger partial charge in [-0.2, -0.15) is 0 Å². The van der Waals surface area contributed by atoms with Crippen LogP contribution >= 0.6 is 0 Å². The van der Waals surface area contributed by atoms with E-state index in [4.69, 9.17) is 4.84 Å². The third kappa shape index (κ3) is 1.92. The van der Waals surface area contributed by atoms with Crippen molar-refractivity contribution < 1.29 is 14.8 Å². The van der Waals surface area contributed by atoms with Gasteiger partial charge in [-0.15, -0.1) is 10.1 Å². The van der Waals surface area contributed by atoms with E-state index < -0.39 is 21.1 Å². The molecular formula is C12H12N2O5. The second kappa shape index (κ2) is 4.04. The molecule has 0 amide bonds. The standard InChI is InChI=1S/C12H12N2O5/c1-11(13(15)16)7-8-12(2,19-14(17)18)10-6-4-3-5-9(10)11/h3-8H,1-2H3. The predicted octanol–water partition coefficient (Wildman–Crippen LogP) is 2.17. The highest BCUT2D eigenvalue weighted by Crippen LogP contribution is 2.42. The fourth-order valence-corrected chi connectivity index (χ4v) is 2.25. The molecule has 0 spiro atoms. The Labute approximate surface area is 108 Å². The average Bonchev–Trinajstić information content (AvgIpc) is 2.34. The minimum atomic E-state index is -1.41. The van der Waals surface area contributed by atoms with E-state index in [-0.39, 0.29) is 0 Å². The van der Waals surface area contributed by atoms with Gasteiger partial charge in [0.1, 0.15) is 0 Å². The first-order chi connectivity index (χ1) is 8.79. The molecule has 7 heteroatoms. The molecule has 100 valence electrons. The molecule has 2 unspecified atom stereocenters. The maximum Gasteiger partial charge on any atom is 0.295 e. The first-order valence-electron chi connectivity index (χ1n) is 5.58. The first kappa shape index (κ1) is 13.0. The van der Waals surface area contributed by atoms with Crippen molar-refractivity contribution in [3.63, 3.8) is 0 Å². The van der Waals surface area contributed by atoms with E-state index in [1.165, 1.54) is 26.0 Å². The number of nitrogens with zero attached hydrogens (tertiary/aromatic N) is 2. The van der Waals surface area contributed by atoms with Crippen molar-refractivity contribution in [1.82, 2.24) is 0 Å². The van der Waals surface area contributed by atoms with Crippen LogP contribution in [0.25, 0.3) is 0 Å². The fourth-order valence-electron chi connectivity index (χ4n) is 2.25. The molecule has 2 rings (SSSR count). The van der Waals surface area contributed by atoms with E-state index >= 15 is 0 Å².